The molecule has 1 aromatic rings. The molecule has 1 aliphatic rings. The molecule has 0 aromatic heterocycles. The van der Waals surface area contributed by atoms with E-state index in [9.17, 15) is 4.79 Å². The summed E-state index contributed by atoms with van der Waals surface area (Å²) in [7, 11) is 0. The van der Waals surface area contributed by atoms with Crippen molar-refractivity contribution >= 4 is 5.91 Å². The maximum atomic E-state index is 12.1. The molecule has 3 nitrogen and oxygen atoms in total. The minimum absolute atomic E-state index is 0.00648. The molecule has 100 valence electrons. The SMILES string of the molecule is Cc1ccc(C#CCN)cc1C(=O)NCC1CC1C. The third-order valence-corrected chi connectivity index (χ3v) is 3.62. The molecule has 1 fully saturated rings. The molecule has 1 aliphatic carbocycles. The second kappa shape index (κ2) is 5.90. The van der Waals surface area contributed by atoms with Gasteiger partial charge in [0.15, 0.2) is 0 Å². The maximum absolute atomic E-state index is 12.1. The minimum atomic E-state index is -0.00648. The predicted molar refractivity (Wildman–Crippen MR) is 76.7 cm³/mol. The van der Waals surface area contributed by atoms with E-state index < -0.39 is 0 Å². The van der Waals surface area contributed by atoms with E-state index in [1.54, 1.807) is 0 Å². The van der Waals surface area contributed by atoms with Crippen LogP contribution in [0.5, 0.6) is 0 Å². The van der Waals surface area contributed by atoms with Crippen molar-refractivity contribution in [3.8, 4) is 11.8 Å². The van der Waals surface area contributed by atoms with E-state index in [1.165, 1.54) is 6.42 Å². The first kappa shape index (κ1) is 13.6. The highest BCUT2D eigenvalue weighted by atomic mass is 16.1. The van der Waals surface area contributed by atoms with Gasteiger partial charge in [0.05, 0.1) is 6.54 Å². The van der Waals surface area contributed by atoms with Crippen molar-refractivity contribution in [2.24, 2.45) is 17.6 Å². The highest BCUT2D eigenvalue weighted by Gasteiger charge is 2.32. The molecule has 3 N–H and O–H groups in total. The van der Waals surface area contributed by atoms with Gasteiger partial charge in [-0.1, -0.05) is 24.8 Å². The van der Waals surface area contributed by atoms with Gasteiger partial charge >= 0.3 is 0 Å². The number of carbonyl (C=O) groups is 1. The monoisotopic (exact) mass is 256 g/mol. The molecule has 1 saturated carbocycles. The third-order valence-electron chi connectivity index (χ3n) is 3.62. The fraction of sp³-hybridized carbons (Fsp3) is 0.438. The quantitative estimate of drug-likeness (QED) is 0.809. The molecule has 19 heavy (non-hydrogen) atoms. The molecule has 0 spiro atoms. The standard InChI is InChI=1S/C16H20N2O/c1-11-5-6-13(4-3-7-17)9-15(11)16(19)18-10-14-8-12(14)2/h5-6,9,12,14H,7-8,10,17H2,1-2H3,(H,18,19). The highest BCUT2D eigenvalue weighted by molar-refractivity contribution is 5.96. The van der Waals surface area contributed by atoms with Gasteiger partial charge in [-0.15, -0.1) is 0 Å². The van der Waals surface area contributed by atoms with Gasteiger partial charge in [-0.2, -0.15) is 0 Å². The van der Waals surface area contributed by atoms with E-state index in [1.807, 2.05) is 25.1 Å². The Hall–Kier alpha value is -1.79. The van der Waals surface area contributed by atoms with Crippen LogP contribution in [0, 0.1) is 30.6 Å². The van der Waals surface area contributed by atoms with E-state index in [0.717, 1.165) is 23.6 Å². The largest absolute Gasteiger partial charge is 0.352 e. The zero-order chi connectivity index (χ0) is 13.8. The molecule has 0 heterocycles. The number of amides is 1. The topological polar surface area (TPSA) is 55.1 Å². The molecule has 0 radical (unpaired) electrons. The summed E-state index contributed by atoms with van der Waals surface area (Å²) in [6.07, 6.45) is 1.22. The zero-order valence-corrected chi connectivity index (χ0v) is 11.5. The normalized spacial score (nSPS) is 20.4. The van der Waals surface area contributed by atoms with E-state index in [-0.39, 0.29) is 5.91 Å². The van der Waals surface area contributed by atoms with Crippen molar-refractivity contribution in [1.82, 2.24) is 5.32 Å². The van der Waals surface area contributed by atoms with Crippen LogP contribution in [0.15, 0.2) is 18.2 Å². The second-order valence-electron chi connectivity index (χ2n) is 5.22. The lowest BCUT2D eigenvalue weighted by Gasteiger charge is -2.08. The second-order valence-corrected chi connectivity index (χ2v) is 5.22. The summed E-state index contributed by atoms with van der Waals surface area (Å²) >= 11 is 0. The Morgan fingerprint density at radius 3 is 2.89 bits per heavy atom. The van der Waals surface area contributed by atoms with Gasteiger partial charge in [0, 0.05) is 17.7 Å². The van der Waals surface area contributed by atoms with Gasteiger partial charge in [-0.05, 0) is 42.9 Å². The van der Waals surface area contributed by atoms with Gasteiger partial charge in [0.1, 0.15) is 0 Å². The van der Waals surface area contributed by atoms with E-state index in [0.29, 0.717) is 18.0 Å². The van der Waals surface area contributed by atoms with E-state index in [4.69, 9.17) is 5.73 Å². The minimum Gasteiger partial charge on any atom is -0.352 e. The fourth-order valence-electron chi connectivity index (χ4n) is 2.10. The van der Waals surface area contributed by atoms with Crippen molar-refractivity contribution in [2.45, 2.75) is 20.3 Å². The van der Waals surface area contributed by atoms with Gasteiger partial charge in [0.2, 0.25) is 0 Å². The molecule has 0 aliphatic heterocycles. The zero-order valence-electron chi connectivity index (χ0n) is 11.5. The summed E-state index contributed by atoms with van der Waals surface area (Å²) in [6.45, 7) is 5.26. The average Bonchev–Trinajstić information content (AvgIpc) is 3.11. The van der Waals surface area contributed by atoms with Crippen LogP contribution in [0.4, 0.5) is 0 Å². The summed E-state index contributed by atoms with van der Waals surface area (Å²) in [5, 5.41) is 3.00. The number of hydrogen-bond donors (Lipinski definition) is 2. The van der Waals surface area contributed by atoms with Crippen molar-refractivity contribution < 1.29 is 4.79 Å². The van der Waals surface area contributed by atoms with Crippen LogP contribution in [-0.2, 0) is 0 Å². The molecule has 0 saturated heterocycles. The van der Waals surface area contributed by atoms with Gasteiger partial charge in [0.25, 0.3) is 5.91 Å². The lowest BCUT2D eigenvalue weighted by molar-refractivity contribution is 0.0950. The van der Waals surface area contributed by atoms with Crippen molar-refractivity contribution in [3.63, 3.8) is 0 Å². The summed E-state index contributed by atoms with van der Waals surface area (Å²) < 4.78 is 0. The van der Waals surface area contributed by atoms with Gasteiger partial charge in [-0.25, -0.2) is 0 Å². The first-order valence-electron chi connectivity index (χ1n) is 6.69. The van der Waals surface area contributed by atoms with Crippen LogP contribution in [0.2, 0.25) is 0 Å². The van der Waals surface area contributed by atoms with Crippen LogP contribution in [-0.4, -0.2) is 19.0 Å². The molecule has 3 heteroatoms. The summed E-state index contributed by atoms with van der Waals surface area (Å²) in [5.41, 5.74) is 7.86. The van der Waals surface area contributed by atoms with Crippen LogP contribution in [0.25, 0.3) is 0 Å². The summed E-state index contributed by atoms with van der Waals surface area (Å²) in [6, 6.07) is 5.68. The van der Waals surface area contributed by atoms with Gasteiger partial charge < -0.3 is 11.1 Å². The molecule has 0 bridgehead atoms. The van der Waals surface area contributed by atoms with Crippen LogP contribution in [0.3, 0.4) is 0 Å². The lowest BCUT2D eigenvalue weighted by atomic mass is 10.0. The molecule has 1 aromatic carbocycles. The number of nitrogens with one attached hydrogen (secondary N) is 1. The Morgan fingerprint density at radius 2 is 2.26 bits per heavy atom. The third kappa shape index (κ3) is 3.59. The summed E-state index contributed by atoms with van der Waals surface area (Å²) in [5.74, 6) is 7.16. The fourth-order valence-corrected chi connectivity index (χ4v) is 2.10. The number of nitrogens with two attached hydrogens (primary N) is 1. The molecule has 2 unspecified atom stereocenters. The number of hydrogen-bond acceptors (Lipinski definition) is 2. The lowest BCUT2D eigenvalue weighted by Crippen LogP contribution is -2.26. The first-order chi connectivity index (χ1) is 9.11. The molecule has 2 atom stereocenters. The van der Waals surface area contributed by atoms with Crippen molar-refractivity contribution in [3.05, 3.63) is 34.9 Å². The first-order valence-corrected chi connectivity index (χ1v) is 6.69. The highest BCUT2D eigenvalue weighted by Crippen LogP contribution is 2.36. The Morgan fingerprint density at radius 1 is 1.53 bits per heavy atom. The smallest absolute Gasteiger partial charge is 0.251 e. The maximum Gasteiger partial charge on any atom is 0.251 e. The van der Waals surface area contributed by atoms with E-state index >= 15 is 0 Å². The summed E-state index contributed by atoms with van der Waals surface area (Å²) in [4.78, 5) is 12.1. The molecule has 1 amide bonds. The van der Waals surface area contributed by atoms with Crippen molar-refractivity contribution in [2.75, 3.05) is 13.1 Å². The Kier molecular flexibility index (Phi) is 4.24. The van der Waals surface area contributed by atoms with Gasteiger partial charge in [-0.3, -0.25) is 4.79 Å². The van der Waals surface area contributed by atoms with Crippen LogP contribution < -0.4 is 11.1 Å². The average molecular weight is 256 g/mol. The van der Waals surface area contributed by atoms with Crippen molar-refractivity contribution in [1.29, 1.82) is 0 Å². The Labute approximate surface area is 114 Å². The number of benzene rings is 1. The number of carbonyl (C=O) groups excluding carboxylic acids is 1. The molecule has 2 rings (SSSR count). The Balaban J connectivity index is 2.06. The van der Waals surface area contributed by atoms with Crippen LogP contribution in [0.1, 0.15) is 34.8 Å². The Bertz CT molecular complexity index is 539. The number of rotatable bonds is 3. The van der Waals surface area contributed by atoms with E-state index in [2.05, 4.69) is 24.1 Å². The van der Waals surface area contributed by atoms with Crippen LogP contribution >= 0.6 is 0 Å². The molecular weight excluding hydrogens is 236 g/mol. The predicted octanol–water partition coefficient (Wildman–Crippen LogP) is 1.69. The molecular formula is C16H20N2O. The number of aryl methyl sites for hydroxylation is 1.